The molecule has 0 radical (unpaired) electrons. The maximum atomic E-state index is 9.97. The highest BCUT2D eigenvalue weighted by atomic mass is 16.5. The van der Waals surface area contributed by atoms with Crippen molar-refractivity contribution in [1.29, 1.82) is 0 Å². The molecule has 2 unspecified atom stereocenters. The van der Waals surface area contributed by atoms with Crippen molar-refractivity contribution < 1.29 is 9.84 Å². The molecule has 0 spiro atoms. The maximum absolute atomic E-state index is 9.97. The molecule has 0 saturated heterocycles. The molecule has 0 aliphatic rings. The summed E-state index contributed by atoms with van der Waals surface area (Å²) < 4.78 is 6.68. The molecular formula is C10H18N2O2. The van der Waals surface area contributed by atoms with E-state index < -0.39 is 6.10 Å². The Hall–Kier alpha value is -0.870. The van der Waals surface area contributed by atoms with Crippen molar-refractivity contribution in [2.45, 2.75) is 19.4 Å². The van der Waals surface area contributed by atoms with Crippen LogP contribution in [-0.2, 0) is 11.8 Å². The molecule has 1 N–H and O–H groups in total. The van der Waals surface area contributed by atoms with Crippen LogP contribution >= 0.6 is 0 Å². The van der Waals surface area contributed by atoms with E-state index >= 15 is 0 Å². The van der Waals surface area contributed by atoms with Gasteiger partial charge in [-0.2, -0.15) is 5.10 Å². The third kappa shape index (κ3) is 2.56. The highest BCUT2D eigenvalue weighted by molar-refractivity contribution is 5.04. The molecular weight excluding hydrogens is 180 g/mol. The topological polar surface area (TPSA) is 47.3 Å². The second kappa shape index (κ2) is 5.12. The van der Waals surface area contributed by atoms with Crippen molar-refractivity contribution in [1.82, 2.24) is 9.78 Å². The van der Waals surface area contributed by atoms with Gasteiger partial charge in [-0.15, -0.1) is 0 Å². The smallest absolute Gasteiger partial charge is 0.0982 e. The Morgan fingerprint density at radius 2 is 2.36 bits per heavy atom. The second-order valence-electron chi connectivity index (χ2n) is 3.58. The quantitative estimate of drug-likeness (QED) is 0.771. The largest absolute Gasteiger partial charge is 0.387 e. The molecule has 1 aromatic rings. The van der Waals surface area contributed by atoms with Crippen LogP contribution in [-0.4, -0.2) is 28.6 Å². The van der Waals surface area contributed by atoms with Crippen molar-refractivity contribution in [3.8, 4) is 0 Å². The lowest BCUT2D eigenvalue weighted by molar-refractivity contribution is 0.0825. The molecule has 1 rings (SSSR count). The van der Waals surface area contributed by atoms with E-state index in [0.717, 1.165) is 12.1 Å². The second-order valence-corrected chi connectivity index (χ2v) is 3.58. The molecule has 4 heteroatoms. The van der Waals surface area contributed by atoms with Gasteiger partial charge < -0.3 is 9.84 Å². The molecule has 0 aliphatic carbocycles. The minimum atomic E-state index is -0.461. The fourth-order valence-corrected chi connectivity index (χ4v) is 1.43. The molecule has 0 fully saturated rings. The van der Waals surface area contributed by atoms with E-state index in [-0.39, 0.29) is 5.92 Å². The van der Waals surface area contributed by atoms with Crippen LogP contribution in [0.5, 0.6) is 0 Å². The Bertz CT molecular complexity index is 273. The lowest BCUT2D eigenvalue weighted by Crippen LogP contribution is -2.14. The van der Waals surface area contributed by atoms with Crippen LogP contribution in [0.15, 0.2) is 12.3 Å². The van der Waals surface area contributed by atoms with Crippen LogP contribution in [0.3, 0.4) is 0 Å². The monoisotopic (exact) mass is 198 g/mol. The standard InChI is InChI=1S/C10H18N2O2/c1-8(5-7-14-3)10(13)9-4-6-11-12(9)2/h4,6,8,10,13H,5,7H2,1-3H3. The number of methoxy groups -OCH3 is 1. The van der Waals surface area contributed by atoms with Crippen LogP contribution in [0.4, 0.5) is 0 Å². The third-order valence-corrected chi connectivity index (χ3v) is 2.48. The Balaban J connectivity index is 2.56. The van der Waals surface area contributed by atoms with Gasteiger partial charge in [0.15, 0.2) is 0 Å². The van der Waals surface area contributed by atoms with Gasteiger partial charge in [0.2, 0.25) is 0 Å². The SMILES string of the molecule is COCCC(C)C(O)c1ccnn1C. The summed E-state index contributed by atoms with van der Waals surface area (Å²) in [4.78, 5) is 0. The number of aromatic nitrogens is 2. The summed E-state index contributed by atoms with van der Waals surface area (Å²) in [6.45, 7) is 2.69. The normalized spacial score (nSPS) is 15.4. The highest BCUT2D eigenvalue weighted by Gasteiger charge is 2.18. The molecule has 14 heavy (non-hydrogen) atoms. The Morgan fingerprint density at radius 1 is 1.64 bits per heavy atom. The van der Waals surface area contributed by atoms with Gasteiger partial charge in [-0.1, -0.05) is 6.92 Å². The molecule has 0 aromatic carbocycles. The molecule has 0 amide bonds. The van der Waals surface area contributed by atoms with Crippen molar-refractivity contribution in [3.63, 3.8) is 0 Å². The number of rotatable bonds is 5. The molecule has 0 saturated carbocycles. The van der Waals surface area contributed by atoms with Crippen LogP contribution in [0.1, 0.15) is 25.1 Å². The Morgan fingerprint density at radius 3 is 2.86 bits per heavy atom. The van der Waals surface area contributed by atoms with Gasteiger partial charge in [-0.25, -0.2) is 0 Å². The lowest BCUT2D eigenvalue weighted by Gasteiger charge is -2.18. The van der Waals surface area contributed by atoms with Gasteiger partial charge in [0, 0.05) is 27.0 Å². The van der Waals surface area contributed by atoms with E-state index in [2.05, 4.69) is 5.10 Å². The summed E-state index contributed by atoms with van der Waals surface area (Å²) in [6.07, 6.45) is 2.09. The summed E-state index contributed by atoms with van der Waals surface area (Å²) in [5.41, 5.74) is 0.855. The van der Waals surface area contributed by atoms with Crippen LogP contribution in [0.2, 0.25) is 0 Å². The first-order chi connectivity index (χ1) is 6.66. The van der Waals surface area contributed by atoms with E-state index in [4.69, 9.17) is 4.74 Å². The van der Waals surface area contributed by atoms with E-state index in [1.165, 1.54) is 0 Å². The number of aryl methyl sites for hydroxylation is 1. The van der Waals surface area contributed by atoms with E-state index in [0.29, 0.717) is 6.61 Å². The van der Waals surface area contributed by atoms with E-state index in [1.807, 2.05) is 20.0 Å². The average Bonchev–Trinajstić information content (AvgIpc) is 2.59. The average molecular weight is 198 g/mol. The van der Waals surface area contributed by atoms with E-state index in [9.17, 15) is 5.11 Å². The molecule has 4 nitrogen and oxygen atoms in total. The number of nitrogens with zero attached hydrogens (tertiary/aromatic N) is 2. The Labute approximate surface area is 84.5 Å². The van der Waals surface area contributed by atoms with Gasteiger partial charge >= 0.3 is 0 Å². The molecule has 1 heterocycles. The van der Waals surface area contributed by atoms with E-state index in [1.54, 1.807) is 18.0 Å². The molecule has 0 aliphatic heterocycles. The first kappa shape index (κ1) is 11.2. The summed E-state index contributed by atoms with van der Waals surface area (Å²) in [5, 5.41) is 14.0. The number of hydrogen-bond donors (Lipinski definition) is 1. The minimum Gasteiger partial charge on any atom is -0.387 e. The summed E-state index contributed by atoms with van der Waals surface area (Å²) >= 11 is 0. The number of ether oxygens (including phenoxy) is 1. The number of aliphatic hydroxyl groups excluding tert-OH is 1. The van der Waals surface area contributed by atoms with Crippen molar-refractivity contribution in [2.75, 3.05) is 13.7 Å². The first-order valence-corrected chi connectivity index (χ1v) is 4.81. The highest BCUT2D eigenvalue weighted by Crippen LogP contribution is 2.23. The summed E-state index contributed by atoms with van der Waals surface area (Å²) in [7, 11) is 3.50. The summed E-state index contributed by atoms with van der Waals surface area (Å²) in [6, 6.07) is 1.84. The van der Waals surface area contributed by atoms with Crippen LogP contribution in [0.25, 0.3) is 0 Å². The molecule has 0 bridgehead atoms. The fraction of sp³-hybridized carbons (Fsp3) is 0.700. The minimum absolute atomic E-state index is 0.186. The van der Waals surface area contributed by atoms with Gasteiger partial charge in [-0.05, 0) is 18.4 Å². The van der Waals surface area contributed by atoms with Crippen LogP contribution in [0, 0.1) is 5.92 Å². The van der Waals surface area contributed by atoms with Gasteiger partial charge in [-0.3, -0.25) is 4.68 Å². The van der Waals surface area contributed by atoms with Gasteiger partial charge in [0.25, 0.3) is 0 Å². The molecule has 2 atom stereocenters. The number of aliphatic hydroxyl groups is 1. The third-order valence-electron chi connectivity index (χ3n) is 2.48. The Kier molecular flexibility index (Phi) is 4.10. The fourth-order valence-electron chi connectivity index (χ4n) is 1.43. The predicted molar refractivity (Wildman–Crippen MR) is 53.8 cm³/mol. The predicted octanol–water partition coefficient (Wildman–Crippen LogP) is 1.13. The van der Waals surface area contributed by atoms with Gasteiger partial charge in [0.05, 0.1) is 11.8 Å². The lowest BCUT2D eigenvalue weighted by atomic mass is 9.99. The van der Waals surface area contributed by atoms with Crippen LogP contribution < -0.4 is 0 Å². The summed E-state index contributed by atoms with van der Waals surface area (Å²) in [5.74, 6) is 0.186. The number of hydrogen-bond acceptors (Lipinski definition) is 3. The zero-order valence-corrected chi connectivity index (χ0v) is 8.97. The molecule has 1 aromatic heterocycles. The molecule has 80 valence electrons. The zero-order valence-electron chi connectivity index (χ0n) is 8.97. The first-order valence-electron chi connectivity index (χ1n) is 4.81. The zero-order chi connectivity index (χ0) is 10.6. The maximum Gasteiger partial charge on any atom is 0.0982 e. The van der Waals surface area contributed by atoms with Crippen molar-refractivity contribution in [3.05, 3.63) is 18.0 Å². The van der Waals surface area contributed by atoms with Gasteiger partial charge in [0.1, 0.15) is 0 Å². The van der Waals surface area contributed by atoms with Crippen molar-refractivity contribution in [2.24, 2.45) is 13.0 Å². The van der Waals surface area contributed by atoms with Crippen molar-refractivity contribution >= 4 is 0 Å².